The number of fused-ring (bicyclic) bond motifs is 1. The Morgan fingerprint density at radius 1 is 1.00 bits per heavy atom. The van der Waals surface area contributed by atoms with Gasteiger partial charge in [-0.25, -0.2) is 4.21 Å². The molecule has 0 aliphatic heterocycles. The zero-order chi connectivity index (χ0) is 16.4. The first kappa shape index (κ1) is 15.9. The maximum Gasteiger partial charge on any atom is 0.110 e. The zero-order valence-corrected chi connectivity index (χ0v) is 13.5. The van der Waals surface area contributed by atoms with Gasteiger partial charge in [-0.1, -0.05) is 42.0 Å². The van der Waals surface area contributed by atoms with E-state index in [4.69, 9.17) is 0 Å². The van der Waals surface area contributed by atoms with E-state index in [1.165, 1.54) is 0 Å². The van der Waals surface area contributed by atoms with E-state index in [1.54, 1.807) is 17.6 Å². The van der Waals surface area contributed by atoms with E-state index in [-0.39, 0.29) is 0 Å². The van der Waals surface area contributed by atoms with Crippen molar-refractivity contribution in [2.75, 3.05) is 0 Å². The lowest BCUT2D eigenvalue weighted by molar-refractivity contribution is 0.0419. The molecule has 4 heteroatoms. The van der Waals surface area contributed by atoms with Crippen molar-refractivity contribution in [2.45, 2.75) is 24.0 Å². The fraction of sp³-hybridized carbons (Fsp3) is 0.158. The van der Waals surface area contributed by atoms with Gasteiger partial charge in [-0.15, -0.1) is 0 Å². The van der Waals surface area contributed by atoms with Crippen LogP contribution in [0.15, 0.2) is 70.5 Å². The molecule has 3 rings (SSSR count). The Bertz CT molecular complexity index is 791. The fourth-order valence-corrected chi connectivity index (χ4v) is 3.41. The van der Waals surface area contributed by atoms with Crippen molar-refractivity contribution >= 4 is 16.9 Å². The minimum atomic E-state index is -1.29. The molecule has 2 aromatic carbocycles. The van der Waals surface area contributed by atoms with Crippen LogP contribution >= 0.6 is 0 Å². The van der Waals surface area contributed by atoms with Crippen LogP contribution in [-0.2, 0) is 10.8 Å². The van der Waals surface area contributed by atoms with E-state index in [0.717, 1.165) is 11.1 Å². The van der Waals surface area contributed by atoms with Crippen LogP contribution in [0.1, 0.15) is 22.8 Å². The molecule has 0 saturated carbocycles. The first-order valence-corrected chi connectivity index (χ1v) is 8.59. The highest BCUT2D eigenvalue weighted by molar-refractivity contribution is 7.88. The molecule has 0 bridgehead atoms. The number of hydrogen-bond donors (Lipinski definition) is 2. The van der Waals surface area contributed by atoms with Gasteiger partial charge in [0.2, 0.25) is 0 Å². The predicted octanol–water partition coefficient (Wildman–Crippen LogP) is 3.11. The van der Waals surface area contributed by atoms with Gasteiger partial charge >= 0.3 is 0 Å². The van der Waals surface area contributed by atoms with Gasteiger partial charge in [-0.05, 0) is 47.9 Å². The SMILES string of the molecule is Cc1ccc(S(=O)/C=C\C2=Cc3ccccc3[C@H](O)[C@H]2O)cc1. The third kappa shape index (κ3) is 3.34. The molecular formula is C19H18O3S. The molecule has 0 spiro atoms. The van der Waals surface area contributed by atoms with Crippen LogP contribution in [0.3, 0.4) is 0 Å². The quantitative estimate of drug-likeness (QED) is 0.911. The van der Waals surface area contributed by atoms with Gasteiger partial charge in [0, 0.05) is 10.3 Å². The van der Waals surface area contributed by atoms with E-state index < -0.39 is 23.0 Å². The van der Waals surface area contributed by atoms with Crippen LogP contribution in [0.25, 0.3) is 6.08 Å². The number of aliphatic hydroxyl groups is 2. The van der Waals surface area contributed by atoms with Crippen LogP contribution in [0.2, 0.25) is 0 Å². The molecule has 2 N–H and O–H groups in total. The van der Waals surface area contributed by atoms with Crippen LogP contribution in [0, 0.1) is 6.92 Å². The predicted molar refractivity (Wildman–Crippen MR) is 92.1 cm³/mol. The molecule has 1 unspecified atom stereocenters. The summed E-state index contributed by atoms with van der Waals surface area (Å²) in [7, 11) is -1.29. The summed E-state index contributed by atoms with van der Waals surface area (Å²) in [4.78, 5) is 0.707. The summed E-state index contributed by atoms with van der Waals surface area (Å²) in [5.74, 6) is 0. The highest BCUT2D eigenvalue weighted by Crippen LogP contribution is 2.32. The second-order valence-corrected chi connectivity index (χ2v) is 6.91. The van der Waals surface area contributed by atoms with E-state index in [1.807, 2.05) is 55.5 Å². The number of aliphatic hydroxyl groups excluding tert-OH is 2. The van der Waals surface area contributed by atoms with Gasteiger partial charge in [0.05, 0.1) is 10.8 Å². The van der Waals surface area contributed by atoms with Gasteiger partial charge in [0.1, 0.15) is 12.2 Å². The Morgan fingerprint density at radius 2 is 1.70 bits per heavy atom. The van der Waals surface area contributed by atoms with Crippen molar-refractivity contribution in [3.63, 3.8) is 0 Å². The fourth-order valence-electron chi connectivity index (χ4n) is 2.57. The molecule has 2 aromatic rings. The van der Waals surface area contributed by atoms with E-state index in [0.29, 0.717) is 16.0 Å². The second kappa shape index (κ2) is 6.62. The first-order chi connectivity index (χ1) is 11.1. The van der Waals surface area contributed by atoms with E-state index in [9.17, 15) is 14.4 Å². The minimum Gasteiger partial charge on any atom is -0.385 e. The number of benzene rings is 2. The molecule has 0 aromatic heterocycles. The molecule has 0 fully saturated rings. The number of rotatable bonds is 3. The Morgan fingerprint density at radius 3 is 2.43 bits per heavy atom. The Hall–Kier alpha value is -2.01. The third-order valence-electron chi connectivity index (χ3n) is 3.91. The Balaban J connectivity index is 1.86. The molecule has 1 aliphatic carbocycles. The minimum absolute atomic E-state index is 0.552. The van der Waals surface area contributed by atoms with Gasteiger partial charge in [-0.2, -0.15) is 0 Å². The molecule has 0 radical (unpaired) electrons. The highest BCUT2D eigenvalue weighted by atomic mass is 32.2. The summed E-state index contributed by atoms with van der Waals surface area (Å²) >= 11 is 0. The largest absolute Gasteiger partial charge is 0.385 e. The average molecular weight is 326 g/mol. The van der Waals surface area contributed by atoms with Crippen LogP contribution < -0.4 is 0 Å². The van der Waals surface area contributed by atoms with Crippen molar-refractivity contribution in [3.05, 3.63) is 82.3 Å². The standard InChI is InChI=1S/C19H18O3S/c1-13-6-8-16(9-7-13)23(22)11-10-15-12-14-4-2-3-5-17(14)19(21)18(15)20/h2-12,18-21H,1H3/b11-10-/t18-,19-,23?/m0/s1. The van der Waals surface area contributed by atoms with Crippen LogP contribution in [0.4, 0.5) is 0 Å². The van der Waals surface area contributed by atoms with E-state index >= 15 is 0 Å². The van der Waals surface area contributed by atoms with Crippen LogP contribution in [-0.4, -0.2) is 20.5 Å². The summed E-state index contributed by atoms with van der Waals surface area (Å²) in [6.45, 7) is 1.98. The normalized spacial score (nSPS) is 21.8. The van der Waals surface area contributed by atoms with Gasteiger partial charge in [0.25, 0.3) is 0 Å². The molecular weight excluding hydrogens is 308 g/mol. The van der Waals surface area contributed by atoms with Crippen molar-refractivity contribution in [1.29, 1.82) is 0 Å². The maximum atomic E-state index is 12.3. The molecule has 3 nitrogen and oxygen atoms in total. The van der Waals surface area contributed by atoms with Gasteiger partial charge < -0.3 is 10.2 Å². The van der Waals surface area contributed by atoms with Crippen molar-refractivity contribution in [3.8, 4) is 0 Å². The molecule has 0 amide bonds. The Labute approximate surface area is 138 Å². The van der Waals surface area contributed by atoms with Crippen LogP contribution in [0.5, 0.6) is 0 Å². The molecule has 23 heavy (non-hydrogen) atoms. The average Bonchev–Trinajstić information content (AvgIpc) is 2.57. The lowest BCUT2D eigenvalue weighted by Gasteiger charge is -2.25. The zero-order valence-electron chi connectivity index (χ0n) is 12.7. The van der Waals surface area contributed by atoms with Gasteiger partial charge in [-0.3, -0.25) is 0 Å². The smallest absolute Gasteiger partial charge is 0.110 e. The first-order valence-electron chi connectivity index (χ1n) is 7.38. The lowest BCUT2D eigenvalue weighted by Crippen LogP contribution is -2.23. The summed E-state index contributed by atoms with van der Waals surface area (Å²) < 4.78 is 12.3. The lowest BCUT2D eigenvalue weighted by atomic mass is 9.88. The number of hydrogen-bond acceptors (Lipinski definition) is 3. The summed E-state index contributed by atoms with van der Waals surface area (Å²) in [6.07, 6.45) is 1.45. The summed E-state index contributed by atoms with van der Waals surface area (Å²) in [5.41, 5.74) is 3.24. The second-order valence-electron chi connectivity index (χ2n) is 5.58. The highest BCUT2D eigenvalue weighted by Gasteiger charge is 2.26. The van der Waals surface area contributed by atoms with E-state index in [2.05, 4.69) is 0 Å². The molecule has 0 saturated heterocycles. The number of aryl methyl sites for hydroxylation is 1. The van der Waals surface area contributed by atoms with Crippen molar-refractivity contribution < 1.29 is 14.4 Å². The Kier molecular flexibility index (Phi) is 4.57. The summed E-state index contributed by atoms with van der Waals surface area (Å²) in [5, 5.41) is 22.0. The maximum absolute atomic E-state index is 12.3. The monoisotopic (exact) mass is 326 g/mol. The van der Waals surface area contributed by atoms with Crippen molar-refractivity contribution in [2.24, 2.45) is 0 Å². The van der Waals surface area contributed by atoms with Crippen molar-refractivity contribution in [1.82, 2.24) is 0 Å². The summed E-state index contributed by atoms with van der Waals surface area (Å²) in [6, 6.07) is 14.9. The topological polar surface area (TPSA) is 57.5 Å². The molecule has 3 atom stereocenters. The van der Waals surface area contributed by atoms with Gasteiger partial charge in [0.15, 0.2) is 0 Å². The molecule has 0 heterocycles. The third-order valence-corrected chi connectivity index (χ3v) is 5.03. The molecule has 118 valence electrons. The molecule has 1 aliphatic rings.